The summed E-state index contributed by atoms with van der Waals surface area (Å²) < 4.78 is 0. The summed E-state index contributed by atoms with van der Waals surface area (Å²) in [7, 11) is 0. The summed E-state index contributed by atoms with van der Waals surface area (Å²) in [6.45, 7) is 7.38. The molecule has 13 heavy (non-hydrogen) atoms. The molecule has 0 aromatic rings. The van der Waals surface area contributed by atoms with Gasteiger partial charge in [-0.05, 0) is 26.2 Å². The van der Waals surface area contributed by atoms with Gasteiger partial charge in [0.2, 0.25) is 0 Å². The van der Waals surface area contributed by atoms with Crippen LogP contribution in [0, 0.1) is 11.8 Å². The molecule has 0 aliphatic carbocycles. The monoisotopic (exact) mass is 184 g/mol. The second-order valence-electron chi connectivity index (χ2n) is 4.18. The van der Waals surface area contributed by atoms with Gasteiger partial charge in [-0.15, -0.1) is 0 Å². The summed E-state index contributed by atoms with van der Waals surface area (Å²) in [4.78, 5) is 22.0. The Morgan fingerprint density at radius 1 is 1.08 bits per heavy atom. The van der Waals surface area contributed by atoms with Crippen molar-refractivity contribution in [3.8, 4) is 0 Å². The minimum Gasteiger partial charge on any atom is -0.300 e. The lowest BCUT2D eigenvalue weighted by Gasteiger charge is -2.12. The summed E-state index contributed by atoms with van der Waals surface area (Å²) in [5.41, 5.74) is 0. The standard InChI is InChI=1S/C11H20O2/c1-8(2)5-6-11(10(4)13)7-9(3)12/h8,11H,5-7H2,1-4H3. The lowest BCUT2D eigenvalue weighted by Crippen LogP contribution is -2.15. The number of hydrogen-bond acceptors (Lipinski definition) is 2. The molecule has 0 saturated carbocycles. The van der Waals surface area contributed by atoms with Gasteiger partial charge in [0, 0.05) is 12.3 Å². The molecule has 0 aliphatic rings. The fourth-order valence-corrected chi connectivity index (χ4v) is 1.33. The van der Waals surface area contributed by atoms with Crippen molar-refractivity contribution in [1.29, 1.82) is 0 Å². The Balaban J connectivity index is 3.95. The first kappa shape index (κ1) is 12.3. The molecule has 0 aromatic heterocycles. The average molecular weight is 184 g/mol. The highest BCUT2D eigenvalue weighted by atomic mass is 16.1. The zero-order chi connectivity index (χ0) is 10.4. The van der Waals surface area contributed by atoms with Crippen molar-refractivity contribution >= 4 is 11.6 Å². The number of hydrogen-bond donors (Lipinski definition) is 0. The largest absolute Gasteiger partial charge is 0.300 e. The molecule has 0 rings (SSSR count). The van der Waals surface area contributed by atoms with Gasteiger partial charge in [-0.25, -0.2) is 0 Å². The zero-order valence-corrected chi connectivity index (χ0v) is 9.09. The number of ketones is 2. The predicted octanol–water partition coefficient (Wildman–Crippen LogP) is 2.61. The van der Waals surface area contributed by atoms with E-state index in [1.807, 2.05) is 0 Å². The molecule has 0 saturated heterocycles. The minimum absolute atomic E-state index is 0.0418. The summed E-state index contributed by atoms with van der Waals surface area (Å²) in [5, 5.41) is 0. The molecular weight excluding hydrogens is 164 g/mol. The smallest absolute Gasteiger partial charge is 0.133 e. The number of rotatable bonds is 6. The Bertz CT molecular complexity index is 183. The molecule has 1 unspecified atom stereocenters. The number of Topliss-reactive ketones (excluding diaryl/α,β-unsaturated/α-hetero) is 2. The topological polar surface area (TPSA) is 34.1 Å². The summed E-state index contributed by atoms with van der Waals surface area (Å²) in [6, 6.07) is 0. The van der Waals surface area contributed by atoms with Crippen LogP contribution in [0.25, 0.3) is 0 Å². The molecule has 0 amide bonds. The highest BCUT2D eigenvalue weighted by molar-refractivity contribution is 5.85. The average Bonchev–Trinajstić information content (AvgIpc) is 1.96. The van der Waals surface area contributed by atoms with Crippen LogP contribution in [0.15, 0.2) is 0 Å². The van der Waals surface area contributed by atoms with Crippen LogP contribution in [0.2, 0.25) is 0 Å². The molecule has 76 valence electrons. The van der Waals surface area contributed by atoms with Crippen LogP contribution in [0.1, 0.15) is 47.0 Å². The fraction of sp³-hybridized carbons (Fsp3) is 0.818. The molecule has 0 spiro atoms. The van der Waals surface area contributed by atoms with Gasteiger partial charge in [0.25, 0.3) is 0 Å². The van der Waals surface area contributed by atoms with E-state index in [-0.39, 0.29) is 17.5 Å². The number of carbonyl (C=O) groups is 2. The van der Waals surface area contributed by atoms with Crippen LogP contribution in [0.5, 0.6) is 0 Å². The maximum atomic E-state index is 11.1. The van der Waals surface area contributed by atoms with Crippen LogP contribution in [0.4, 0.5) is 0 Å². The van der Waals surface area contributed by atoms with Gasteiger partial charge in [0.1, 0.15) is 11.6 Å². The normalized spacial score (nSPS) is 13.0. The molecule has 0 bridgehead atoms. The lowest BCUT2D eigenvalue weighted by atomic mass is 9.91. The highest BCUT2D eigenvalue weighted by Crippen LogP contribution is 2.16. The molecule has 0 aromatic carbocycles. The van der Waals surface area contributed by atoms with E-state index in [9.17, 15) is 9.59 Å². The maximum Gasteiger partial charge on any atom is 0.133 e. The third-order valence-corrected chi connectivity index (χ3v) is 2.20. The third-order valence-electron chi connectivity index (χ3n) is 2.20. The second kappa shape index (κ2) is 5.90. The van der Waals surface area contributed by atoms with Crippen molar-refractivity contribution in [2.45, 2.75) is 47.0 Å². The van der Waals surface area contributed by atoms with Crippen LogP contribution in [-0.4, -0.2) is 11.6 Å². The summed E-state index contributed by atoms with van der Waals surface area (Å²) in [5.74, 6) is 0.827. The Labute approximate surface area is 80.7 Å². The predicted molar refractivity (Wildman–Crippen MR) is 53.5 cm³/mol. The van der Waals surface area contributed by atoms with Gasteiger partial charge in [-0.1, -0.05) is 20.3 Å². The van der Waals surface area contributed by atoms with Crippen molar-refractivity contribution in [2.24, 2.45) is 11.8 Å². The van der Waals surface area contributed by atoms with Crippen LogP contribution in [-0.2, 0) is 9.59 Å². The van der Waals surface area contributed by atoms with E-state index >= 15 is 0 Å². The Hall–Kier alpha value is -0.660. The van der Waals surface area contributed by atoms with Gasteiger partial charge in [-0.3, -0.25) is 4.79 Å². The van der Waals surface area contributed by atoms with Gasteiger partial charge < -0.3 is 4.79 Å². The van der Waals surface area contributed by atoms with Crippen molar-refractivity contribution in [2.75, 3.05) is 0 Å². The molecule has 1 atom stereocenters. The molecule has 2 heteroatoms. The molecular formula is C11H20O2. The van der Waals surface area contributed by atoms with Gasteiger partial charge in [0.15, 0.2) is 0 Å². The Kier molecular flexibility index (Phi) is 5.60. The maximum absolute atomic E-state index is 11.1. The van der Waals surface area contributed by atoms with Crippen molar-refractivity contribution < 1.29 is 9.59 Å². The zero-order valence-electron chi connectivity index (χ0n) is 9.09. The van der Waals surface area contributed by atoms with Crippen molar-refractivity contribution in [3.05, 3.63) is 0 Å². The van der Waals surface area contributed by atoms with Crippen molar-refractivity contribution in [1.82, 2.24) is 0 Å². The van der Waals surface area contributed by atoms with Crippen LogP contribution >= 0.6 is 0 Å². The summed E-state index contributed by atoms with van der Waals surface area (Å²) >= 11 is 0. The molecule has 0 heterocycles. The van der Waals surface area contributed by atoms with E-state index in [4.69, 9.17) is 0 Å². The van der Waals surface area contributed by atoms with E-state index in [1.165, 1.54) is 0 Å². The molecule has 0 fully saturated rings. The molecule has 2 nitrogen and oxygen atoms in total. The summed E-state index contributed by atoms with van der Waals surface area (Å²) in [6.07, 6.45) is 2.30. The first-order chi connectivity index (χ1) is 5.93. The van der Waals surface area contributed by atoms with E-state index in [2.05, 4.69) is 13.8 Å². The van der Waals surface area contributed by atoms with Crippen LogP contribution < -0.4 is 0 Å². The lowest BCUT2D eigenvalue weighted by molar-refractivity contribution is -0.126. The highest BCUT2D eigenvalue weighted by Gasteiger charge is 2.16. The fourth-order valence-electron chi connectivity index (χ4n) is 1.33. The SMILES string of the molecule is CC(=O)CC(CCC(C)C)C(C)=O. The van der Waals surface area contributed by atoms with E-state index in [1.54, 1.807) is 13.8 Å². The van der Waals surface area contributed by atoms with Gasteiger partial charge in [0.05, 0.1) is 0 Å². The van der Waals surface area contributed by atoms with E-state index < -0.39 is 0 Å². The van der Waals surface area contributed by atoms with Crippen LogP contribution in [0.3, 0.4) is 0 Å². The Morgan fingerprint density at radius 2 is 1.62 bits per heavy atom. The number of carbonyl (C=O) groups excluding carboxylic acids is 2. The molecule has 0 N–H and O–H groups in total. The van der Waals surface area contributed by atoms with Crippen molar-refractivity contribution in [3.63, 3.8) is 0 Å². The third kappa shape index (κ3) is 6.50. The quantitative estimate of drug-likeness (QED) is 0.636. The Morgan fingerprint density at radius 3 is 1.92 bits per heavy atom. The minimum atomic E-state index is -0.0418. The van der Waals surface area contributed by atoms with Gasteiger partial charge >= 0.3 is 0 Å². The van der Waals surface area contributed by atoms with Gasteiger partial charge in [-0.2, -0.15) is 0 Å². The van der Waals surface area contributed by atoms with E-state index in [0.29, 0.717) is 12.3 Å². The molecule has 0 radical (unpaired) electrons. The first-order valence-electron chi connectivity index (χ1n) is 4.93. The molecule has 0 aliphatic heterocycles. The second-order valence-corrected chi connectivity index (χ2v) is 4.18. The van der Waals surface area contributed by atoms with E-state index in [0.717, 1.165) is 12.8 Å². The first-order valence-corrected chi connectivity index (χ1v) is 4.93.